The van der Waals surface area contributed by atoms with Crippen LogP contribution in [0.4, 0.5) is 4.39 Å². The molecule has 2 rings (SSSR count). The van der Waals surface area contributed by atoms with Crippen molar-refractivity contribution in [1.29, 1.82) is 0 Å². The molecule has 2 nitrogen and oxygen atoms in total. The first-order chi connectivity index (χ1) is 9.20. The third-order valence-corrected chi connectivity index (χ3v) is 4.02. The van der Waals surface area contributed by atoms with Crippen LogP contribution in [0.25, 0.3) is 0 Å². The molecule has 1 N–H and O–H groups in total. The van der Waals surface area contributed by atoms with Crippen LogP contribution in [-0.4, -0.2) is 31.6 Å². The van der Waals surface area contributed by atoms with E-state index in [2.05, 4.69) is 24.2 Å². The van der Waals surface area contributed by atoms with E-state index >= 15 is 0 Å². The van der Waals surface area contributed by atoms with Crippen molar-refractivity contribution in [1.82, 2.24) is 10.2 Å². The maximum absolute atomic E-state index is 13.9. The highest BCUT2D eigenvalue weighted by Gasteiger charge is 2.22. The molecule has 0 spiro atoms. The van der Waals surface area contributed by atoms with Crippen LogP contribution in [0.2, 0.25) is 0 Å². The highest BCUT2D eigenvalue weighted by atomic mass is 19.1. The van der Waals surface area contributed by atoms with E-state index in [1.165, 1.54) is 19.3 Å². The van der Waals surface area contributed by atoms with Gasteiger partial charge < -0.3 is 10.2 Å². The Labute approximate surface area is 116 Å². The number of hydrogen-bond donors (Lipinski definition) is 1. The fourth-order valence-corrected chi connectivity index (χ4v) is 2.78. The molecular formula is C16H25FN2. The maximum Gasteiger partial charge on any atom is 0.128 e. The van der Waals surface area contributed by atoms with E-state index in [4.69, 9.17) is 0 Å². The predicted molar refractivity (Wildman–Crippen MR) is 77.7 cm³/mol. The number of halogens is 1. The molecule has 1 aromatic rings. The zero-order chi connectivity index (χ0) is 13.7. The van der Waals surface area contributed by atoms with Gasteiger partial charge in [0.05, 0.1) is 0 Å². The second-order valence-electron chi connectivity index (χ2n) is 5.65. The molecule has 1 aliphatic rings. The Hall–Kier alpha value is -0.930. The summed E-state index contributed by atoms with van der Waals surface area (Å²) in [7, 11) is 2.14. The van der Waals surface area contributed by atoms with Gasteiger partial charge in [0, 0.05) is 24.7 Å². The summed E-state index contributed by atoms with van der Waals surface area (Å²) in [6.07, 6.45) is 4.09. The van der Waals surface area contributed by atoms with E-state index in [0.29, 0.717) is 0 Å². The molecule has 0 amide bonds. The van der Waals surface area contributed by atoms with Crippen LogP contribution >= 0.6 is 0 Å². The van der Waals surface area contributed by atoms with Crippen molar-refractivity contribution in [3.05, 3.63) is 35.6 Å². The normalized spacial score (nSPS) is 17.5. The van der Waals surface area contributed by atoms with Crippen molar-refractivity contribution >= 4 is 0 Å². The van der Waals surface area contributed by atoms with Gasteiger partial charge in [-0.1, -0.05) is 31.5 Å². The van der Waals surface area contributed by atoms with E-state index < -0.39 is 0 Å². The minimum absolute atomic E-state index is 0.0799. The lowest BCUT2D eigenvalue weighted by atomic mass is 9.85. The molecule has 3 heteroatoms. The standard InChI is InChI=1S/C16H25FN2/c1-3-18-16(14-9-4-5-10-15(14)17)12-19(2)11-13-7-6-8-13/h4-5,9-10,13,16,18H,3,6-8,11-12H2,1-2H3. The van der Waals surface area contributed by atoms with Crippen LogP contribution in [0.1, 0.15) is 37.8 Å². The van der Waals surface area contributed by atoms with Gasteiger partial charge in [-0.2, -0.15) is 0 Å². The van der Waals surface area contributed by atoms with E-state index in [1.807, 2.05) is 12.1 Å². The van der Waals surface area contributed by atoms with Crippen LogP contribution in [0, 0.1) is 11.7 Å². The molecule has 0 heterocycles. The van der Waals surface area contributed by atoms with Gasteiger partial charge in [-0.3, -0.25) is 0 Å². The second-order valence-corrected chi connectivity index (χ2v) is 5.65. The van der Waals surface area contributed by atoms with Crippen molar-refractivity contribution in [3.8, 4) is 0 Å². The molecule has 1 unspecified atom stereocenters. The highest BCUT2D eigenvalue weighted by molar-refractivity contribution is 5.21. The second kappa shape index (κ2) is 7.01. The Kier molecular flexibility index (Phi) is 5.34. The lowest BCUT2D eigenvalue weighted by molar-refractivity contribution is 0.191. The summed E-state index contributed by atoms with van der Waals surface area (Å²) in [5.41, 5.74) is 0.782. The van der Waals surface area contributed by atoms with E-state index in [1.54, 1.807) is 12.1 Å². The number of rotatable bonds is 7. The maximum atomic E-state index is 13.9. The topological polar surface area (TPSA) is 15.3 Å². The summed E-state index contributed by atoms with van der Waals surface area (Å²) in [6.45, 7) is 4.93. The third kappa shape index (κ3) is 4.02. The van der Waals surface area contributed by atoms with Crippen LogP contribution in [-0.2, 0) is 0 Å². The Morgan fingerprint density at radius 2 is 2.11 bits per heavy atom. The van der Waals surface area contributed by atoms with Crippen LogP contribution in [0.15, 0.2) is 24.3 Å². The first-order valence-electron chi connectivity index (χ1n) is 7.37. The summed E-state index contributed by atoms with van der Waals surface area (Å²) >= 11 is 0. The monoisotopic (exact) mass is 264 g/mol. The summed E-state index contributed by atoms with van der Waals surface area (Å²) < 4.78 is 13.9. The Bertz CT molecular complexity index is 390. The zero-order valence-corrected chi connectivity index (χ0v) is 12.0. The van der Waals surface area contributed by atoms with Gasteiger partial charge in [-0.05, 0) is 38.4 Å². The fraction of sp³-hybridized carbons (Fsp3) is 0.625. The minimum atomic E-state index is -0.106. The average molecular weight is 264 g/mol. The average Bonchev–Trinajstić information content (AvgIpc) is 2.34. The molecule has 1 atom stereocenters. The van der Waals surface area contributed by atoms with E-state index in [9.17, 15) is 4.39 Å². The summed E-state index contributed by atoms with van der Waals surface area (Å²) in [5, 5.41) is 3.40. The van der Waals surface area contributed by atoms with Gasteiger partial charge in [0.25, 0.3) is 0 Å². The van der Waals surface area contributed by atoms with E-state index in [0.717, 1.165) is 31.1 Å². The molecule has 1 fully saturated rings. The molecule has 1 saturated carbocycles. The molecule has 0 bridgehead atoms. The first-order valence-corrected chi connectivity index (χ1v) is 7.37. The largest absolute Gasteiger partial charge is 0.309 e. The third-order valence-electron chi connectivity index (χ3n) is 4.02. The van der Waals surface area contributed by atoms with Crippen molar-refractivity contribution in [2.24, 2.45) is 5.92 Å². The molecule has 1 aliphatic carbocycles. The zero-order valence-electron chi connectivity index (χ0n) is 12.0. The lowest BCUT2D eigenvalue weighted by Crippen LogP contribution is -2.37. The molecule has 0 aromatic heterocycles. The number of benzene rings is 1. The molecule has 19 heavy (non-hydrogen) atoms. The summed E-state index contributed by atoms with van der Waals surface area (Å²) in [4.78, 5) is 2.34. The molecule has 0 radical (unpaired) electrons. The smallest absolute Gasteiger partial charge is 0.128 e. The van der Waals surface area contributed by atoms with Gasteiger partial charge in [0.15, 0.2) is 0 Å². The molecular weight excluding hydrogens is 239 g/mol. The molecule has 0 saturated heterocycles. The Morgan fingerprint density at radius 3 is 2.68 bits per heavy atom. The van der Waals surface area contributed by atoms with Crippen LogP contribution < -0.4 is 5.32 Å². The minimum Gasteiger partial charge on any atom is -0.309 e. The summed E-state index contributed by atoms with van der Waals surface area (Å²) in [5.74, 6) is 0.749. The van der Waals surface area contributed by atoms with Gasteiger partial charge >= 0.3 is 0 Å². The van der Waals surface area contributed by atoms with Crippen LogP contribution in [0.5, 0.6) is 0 Å². The fourth-order valence-electron chi connectivity index (χ4n) is 2.78. The number of hydrogen-bond acceptors (Lipinski definition) is 2. The number of nitrogens with zero attached hydrogens (tertiary/aromatic N) is 1. The predicted octanol–water partition coefficient (Wildman–Crippen LogP) is 3.21. The molecule has 106 valence electrons. The van der Waals surface area contributed by atoms with E-state index in [-0.39, 0.29) is 11.9 Å². The highest BCUT2D eigenvalue weighted by Crippen LogP contribution is 2.27. The van der Waals surface area contributed by atoms with Crippen molar-refractivity contribution in [2.45, 2.75) is 32.2 Å². The van der Waals surface area contributed by atoms with Crippen molar-refractivity contribution < 1.29 is 4.39 Å². The van der Waals surface area contributed by atoms with Gasteiger partial charge in [-0.15, -0.1) is 0 Å². The van der Waals surface area contributed by atoms with Crippen LogP contribution in [0.3, 0.4) is 0 Å². The summed E-state index contributed by atoms with van der Waals surface area (Å²) in [6, 6.07) is 7.18. The molecule has 0 aliphatic heterocycles. The lowest BCUT2D eigenvalue weighted by Gasteiger charge is -2.32. The van der Waals surface area contributed by atoms with Gasteiger partial charge in [-0.25, -0.2) is 4.39 Å². The number of likely N-dealkylation sites (N-methyl/N-ethyl adjacent to an activating group) is 2. The quantitative estimate of drug-likeness (QED) is 0.813. The molecule has 1 aromatic carbocycles. The van der Waals surface area contributed by atoms with Crippen molar-refractivity contribution in [3.63, 3.8) is 0 Å². The Morgan fingerprint density at radius 1 is 1.37 bits per heavy atom. The van der Waals surface area contributed by atoms with Crippen molar-refractivity contribution in [2.75, 3.05) is 26.7 Å². The van der Waals surface area contributed by atoms with Gasteiger partial charge in [0.1, 0.15) is 5.82 Å². The first kappa shape index (κ1) is 14.5. The number of nitrogens with one attached hydrogen (secondary N) is 1. The SMILES string of the molecule is CCNC(CN(C)CC1CCC1)c1ccccc1F. The Balaban J connectivity index is 1.96. The van der Waals surface area contributed by atoms with Gasteiger partial charge in [0.2, 0.25) is 0 Å².